The molecule has 0 unspecified atom stereocenters. The van der Waals surface area contributed by atoms with E-state index in [2.05, 4.69) is 4.90 Å². The Morgan fingerprint density at radius 2 is 1.93 bits per heavy atom. The van der Waals surface area contributed by atoms with Gasteiger partial charge in [-0.1, -0.05) is 0 Å². The lowest BCUT2D eigenvalue weighted by Crippen LogP contribution is -2.47. The summed E-state index contributed by atoms with van der Waals surface area (Å²) >= 11 is 0. The third-order valence-electron chi connectivity index (χ3n) is 3.61. The van der Waals surface area contributed by atoms with Gasteiger partial charge in [0, 0.05) is 12.6 Å². The van der Waals surface area contributed by atoms with Gasteiger partial charge in [0.05, 0.1) is 5.54 Å². The summed E-state index contributed by atoms with van der Waals surface area (Å²) in [5.74, 6) is 1.04. The average Bonchev–Trinajstić information content (AvgIpc) is 2.92. The van der Waals surface area contributed by atoms with Crippen LogP contribution < -0.4 is 5.73 Å². The van der Waals surface area contributed by atoms with E-state index in [-0.39, 0.29) is 5.91 Å². The minimum Gasteiger partial charge on any atom is -0.338 e. The van der Waals surface area contributed by atoms with Crippen molar-refractivity contribution in [2.75, 3.05) is 6.54 Å². The first-order valence-corrected chi connectivity index (χ1v) is 5.79. The normalized spacial score (nSPS) is 28.6. The van der Waals surface area contributed by atoms with Crippen LogP contribution in [0.15, 0.2) is 0 Å². The minimum absolute atomic E-state index is 0.243. The van der Waals surface area contributed by atoms with Crippen LogP contribution in [0.2, 0.25) is 0 Å². The van der Waals surface area contributed by atoms with Gasteiger partial charge in [0.15, 0.2) is 0 Å². The van der Waals surface area contributed by atoms with Crippen LogP contribution in [0.4, 0.5) is 0 Å². The topological polar surface area (TPSA) is 46.3 Å². The highest BCUT2D eigenvalue weighted by molar-refractivity contribution is 5.89. The number of amides is 1. The molecule has 3 fully saturated rings. The number of nitrogens with two attached hydrogens (primary N) is 1. The third-order valence-corrected chi connectivity index (χ3v) is 3.61. The number of hydrogen-bond acceptors (Lipinski definition) is 2. The van der Waals surface area contributed by atoms with E-state index < -0.39 is 5.54 Å². The van der Waals surface area contributed by atoms with Gasteiger partial charge in [-0.2, -0.15) is 0 Å². The zero-order valence-corrected chi connectivity index (χ0v) is 8.54. The number of carbonyl (C=O) groups excluding carboxylic acids is 1. The molecule has 0 heterocycles. The average molecular weight is 194 g/mol. The molecule has 3 nitrogen and oxygen atoms in total. The predicted octanol–water partition coefficient (Wildman–Crippen LogP) is 0.879. The Morgan fingerprint density at radius 1 is 1.29 bits per heavy atom. The van der Waals surface area contributed by atoms with Crippen LogP contribution >= 0.6 is 0 Å². The molecule has 1 amide bonds. The molecule has 3 aliphatic carbocycles. The number of hydrogen-bond donors (Lipinski definition) is 1. The highest BCUT2D eigenvalue weighted by Gasteiger charge is 2.51. The maximum absolute atomic E-state index is 12.1. The fourth-order valence-electron chi connectivity index (χ4n) is 2.00. The van der Waals surface area contributed by atoms with Crippen molar-refractivity contribution in [3.8, 4) is 0 Å². The van der Waals surface area contributed by atoms with Crippen molar-refractivity contribution in [1.29, 1.82) is 0 Å². The Kier molecular flexibility index (Phi) is 1.69. The van der Waals surface area contributed by atoms with E-state index in [4.69, 9.17) is 5.73 Å². The Bertz CT molecular complexity index is 264. The summed E-state index contributed by atoms with van der Waals surface area (Å²) in [5, 5.41) is 0. The smallest absolute Gasteiger partial charge is 0.242 e. The molecule has 0 aromatic rings. The summed E-state index contributed by atoms with van der Waals surface area (Å²) in [6.45, 7) is 0.989. The largest absolute Gasteiger partial charge is 0.338 e. The summed E-state index contributed by atoms with van der Waals surface area (Å²) in [5.41, 5.74) is 5.51. The van der Waals surface area contributed by atoms with Gasteiger partial charge >= 0.3 is 0 Å². The van der Waals surface area contributed by atoms with Crippen molar-refractivity contribution in [3.05, 3.63) is 0 Å². The van der Waals surface area contributed by atoms with E-state index in [0.29, 0.717) is 6.04 Å². The molecule has 0 bridgehead atoms. The zero-order chi connectivity index (χ0) is 9.76. The number of carbonyl (C=O) groups is 1. The molecule has 3 rings (SSSR count). The van der Waals surface area contributed by atoms with Crippen LogP contribution in [0.1, 0.15) is 38.5 Å². The molecule has 0 aromatic carbocycles. The number of nitrogens with zero attached hydrogens (tertiary/aromatic N) is 1. The molecule has 0 saturated heterocycles. The van der Waals surface area contributed by atoms with Gasteiger partial charge in [0.1, 0.15) is 0 Å². The molecule has 0 aromatic heterocycles. The second-order valence-electron chi connectivity index (χ2n) is 5.29. The molecule has 3 heteroatoms. The Morgan fingerprint density at radius 3 is 2.36 bits per heavy atom. The second-order valence-corrected chi connectivity index (χ2v) is 5.29. The molecule has 0 atom stereocenters. The molecule has 3 saturated carbocycles. The summed E-state index contributed by atoms with van der Waals surface area (Å²) in [7, 11) is 0. The second kappa shape index (κ2) is 2.72. The molecule has 14 heavy (non-hydrogen) atoms. The first kappa shape index (κ1) is 8.72. The van der Waals surface area contributed by atoms with E-state index in [0.717, 1.165) is 25.3 Å². The molecule has 3 aliphatic rings. The zero-order valence-electron chi connectivity index (χ0n) is 8.54. The predicted molar refractivity (Wildman–Crippen MR) is 53.6 cm³/mol. The fourth-order valence-corrected chi connectivity index (χ4v) is 2.00. The Labute approximate surface area is 84.6 Å². The highest BCUT2D eigenvalue weighted by Crippen LogP contribution is 2.40. The van der Waals surface area contributed by atoms with Crippen LogP contribution in [0.25, 0.3) is 0 Å². The monoisotopic (exact) mass is 194 g/mol. The fraction of sp³-hybridized carbons (Fsp3) is 0.909. The van der Waals surface area contributed by atoms with E-state index in [9.17, 15) is 4.79 Å². The molecular formula is C11H18N2O. The first-order chi connectivity index (χ1) is 6.69. The SMILES string of the molecule is NC1(C(=O)N(CC2CC2)C2CC2)CC1. The van der Waals surface area contributed by atoms with E-state index >= 15 is 0 Å². The van der Waals surface area contributed by atoms with Crippen molar-refractivity contribution in [2.24, 2.45) is 11.7 Å². The standard InChI is InChI=1S/C11H18N2O/c12-11(5-6-11)10(14)13(9-3-4-9)7-8-1-2-8/h8-9H,1-7,12H2. The first-order valence-electron chi connectivity index (χ1n) is 5.79. The highest BCUT2D eigenvalue weighted by atomic mass is 16.2. The molecule has 0 spiro atoms. The van der Waals surface area contributed by atoms with Crippen molar-refractivity contribution >= 4 is 5.91 Å². The minimum atomic E-state index is -0.447. The molecule has 0 radical (unpaired) electrons. The molecule has 78 valence electrons. The summed E-state index contributed by atoms with van der Waals surface area (Å²) in [6, 6.07) is 0.545. The van der Waals surface area contributed by atoms with E-state index in [1.165, 1.54) is 25.7 Å². The summed E-state index contributed by atoms with van der Waals surface area (Å²) < 4.78 is 0. The van der Waals surface area contributed by atoms with Gasteiger partial charge in [0.2, 0.25) is 5.91 Å². The lowest BCUT2D eigenvalue weighted by Gasteiger charge is -2.25. The molecule has 2 N–H and O–H groups in total. The summed E-state index contributed by atoms with van der Waals surface area (Å²) in [4.78, 5) is 14.2. The maximum Gasteiger partial charge on any atom is 0.242 e. The lowest BCUT2D eigenvalue weighted by molar-refractivity contribution is -0.134. The van der Waals surface area contributed by atoms with Gasteiger partial charge in [-0.3, -0.25) is 4.79 Å². The van der Waals surface area contributed by atoms with Crippen LogP contribution in [0, 0.1) is 5.92 Å². The number of rotatable bonds is 4. The van der Waals surface area contributed by atoms with Gasteiger partial charge in [-0.05, 0) is 44.4 Å². The Balaban J connectivity index is 1.67. The van der Waals surface area contributed by atoms with Gasteiger partial charge < -0.3 is 10.6 Å². The Hall–Kier alpha value is -0.570. The maximum atomic E-state index is 12.1. The quantitative estimate of drug-likeness (QED) is 0.722. The van der Waals surface area contributed by atoms with Crippen molar-refractivity contribution in [3.63, 3.8) is 0 Å². The van der Waals surface area contributed by atoms with Gasteiger partial charge in [0.25, 0.3) is 0 Å². The van der Waals surface area contributed by atoms with Crippen LogP contribution in [0.5, 0.6) is 0 Å². The van der Waals surface area contributed by atoms with Gasteiger partial charge in [-0.15, -0.1) is 0 Å². The van der Waals surface area contributed by atoms with Crippen molar-refractivity contribution in [1.82, 2.24) is 4.90 Å². The van der Waals surface area contributed by atoms with E-state index in [1.807, 2.05) is 0 Å². The van der Waals surface area contributed by atoms with Crippen LogP contribution in [-0.2, 0) is 4.79 Å². The molecular weight excluding hydrogens is 176 g/mol. The third kappa shape index (κ3) is 1.54. The van der Waals surface area contributed by atoms with Crippen LogP contribution in [-0.4, -0.2) is 28.9 Å². The lowest BCUT2D eigenvalue weighted by atomic mass is 10.2. The van der Waals surface area contributed by atoms with E-state index in [1.54, 1.807) is 0 Å². The van der Waals surface area contributed by atoms with Crippen molar-refractivity contribution in [2.45, 2.75) is 50.1 Å². The van der Waals surface area contributed by atoms with Crippen molar-refractivity contribution < 1.29 is 4.79 Å². The summed E-state index contributed by atoms with van der Waals surface area (Å²) in [6.07, 6.45) is 6.84. The van der Waals surface area contributed by atoms with Crippen LogP contribution in [0.3, 0.4) is 0 Å². The van der Waals surface area contributed by atoms with Gasteiger partial charge in [-0.25, -0.2) is 0 Å². The molecule has 0 aliphatic heterocycles.